The van der Waals surface area contributed by atoms with Crippen LogP contribution in [0.15, 0.2) is 41.1 Å². The van der Waals surface area contributed by atoms with Crippen LogP contribution < -0.4 is 0 Å². The predicted molar refractivity (Wildman–Crippen MR) is 100 cm³/mol. The van der Waals surface area contributed by atoms with Crippen LogP contribution in [0.2, 0.25) is 0 Å². The maximum Gasteiger partial charge on any atom is 0.290 e. The lowest BCUT2D eigenvalue weighted by molar-refractivity contribution is -0.133. The first kappa shape index (κ1) is 19.2. The number of hydrogen-bond acceptors (Lipinski definition) is 4. The Morgan fingerprint density at radius 2 is 2.11 bits per heavy atom. The number of nitrogens with zero attached hydrogens (tertiary/aromatic N) is 3. The van der Waals surface area contributed by atoms with Crippen LogP contribution in [0.1, 0.15) is 35.5 Å². The van der Waals surface area contributed by atoms with E-state index in [0.717, 1.165) is 18.5 Å². The second-order valence-electron chi connectivity index (χ2n) is 6.91. The van der Waals surface area contributed by atoms with Gasteiger partial charge in [-0.15, -0.1) is 0 Å². The first-order chi connectivity index (χ1) is 13.1. The molecule has 3 rings (SSSR count). The number of aryl methyl sites for hydroxylation is 1. The summed E-state index contributed by atoms with van der Waals surface area (Å²) < 4.78 is 12.3. The van der Waals surface area contributed by atoms with E-state index in [4.69, 9.17) is 9.15 Å². The van der Waals surface area contributed by atoms with Gasteiger partial charge in [-0.05, 0) is 43.5 Å². The maximum atomic E-state index is 13.0. The lowest BCUT2D eigenvalue weighted by Crippen LogP contribution is -2.44. The van der Waals surface area contributed by atoms with E-state index < -0.39 is 0 Å². The Labute approximate surface area is 159 Å². The molecular weight excluding hydrogens is 346 g/mol. The highest BCUT2D eigenvalue weighted by atomic mass is 16.5. The summed E-state index contributed by atoms with van der Waals surface area (Å²) in [7, 11) is 3.60. The number of hydrogen-bond donors (Lipinski definition) is 0. The summed E-state index contributed by atoms with van der Waals surface area (Å²) in [5.41, 5.74) is 1.08. The Hall–Kier alpha value is -2.54. The van der Waals surface area contributed by atoms with Crippen molar-refractivity contribution in [3.8, 4) is 0 Å². The molecule has 2 aromatic rings. The van der Waals surface area contributed by atoms with E-state index >= 15 is 0 Å². The number of rotatable bonds is 10. The third-order valence-electron chi connectivity index (χ3n) is 4.81. The van der Waals surface area contributed by atoms with Crippen LogP contribution in [-0.4, -0.2) is 59.0 Å². The molecule has 2 amide bonds. The number of methoxy groups -OCH3 is 1. The van der Waals surface area contributed by atoms with E-state index in [1.54, 1.807) is 24.1 Å². The van der Waals surface area contributed by atoms with Gasteiger partial charge >= 0.3 is 0 Å². The molecule has 27 heavy (non-hydrogen) atoms. The topological polar surface area (TPSA) is 67.9 Å². The van der Waals surface area contributed by atoms with Crippen LogP contribution in [0.4, 0.5) is 0 Å². The SMILES string of the molecule is COCCCN(CC(=O)N(Cc1cccn1C)C1CC1)C(=O)c1ccco1. The van der Waals surface area contributed by atoms with Gasteiger partial charge in [0.1, 0.15) is 6.54 Å². The lowest BCUT2D eigenvalue weighted by Gasteiger charge is -2.27. The third kappa shape index (κ3) is 5.01. The second kappa shape index (κ2) is 8.90. The Kier molecular flexibility index (Phi) is 6.34. The van der Waals surface area contributed by atoms with Gasteiger partial charge in [0, 0.05) is 45.2 Å². The number of ether oxygens (including phenoxy) is 1. The van der Waals surface area contributed by atoms with Gasteiger partial charge in [0.15, 0.2) is 5.76 Å². The molecule has 2 aromatic heterocycles. The van der Waals surface area contributed by atoms with Gasteiger partial charge in [0.05, 0.1) is 12.8 Å². The van der Waals surface area contributed by atoms with Crippen LogP contribution >= 0.6 is 0 Å². The van der Waals surface area contributed by atoms with Crippen LogP contribution in [-0.2, 0) is 23.1 Å². The van der Waals surface area contributed by atoms with E-state index in [-0.39, 0.29) is 30.2 Å². The van der Waals surface area contributed by atoms with Crippen molar-refractivity contribution in [2.45, 2.75) is 31.8 Å². The Balaban J connectivity index is 1.69. The Morgan fingerprint density at radius 3 is 2.70 bits per heavy atom. The average molecular weight is 373 g/mol. The molecule has 0 aromatic carbocycles. The van der Waals surface area contributed by atoms with E-state index in [9.17, 15) is 9.59 Å². The summed E-state index contributed by atoms with van der Waals surface area (Å²) in [6.45, 7) is 1.59. The number of amides is 2. The summed E-state index contributed by atoms with van der Waals surface area (Å²) in [6.07, 6.45) is 6.14. The van der Waals surface area contributed by atoms with E-state index in [1.165, 1.54) is 6.26 Å². The molecule has 0 spiro atoms. The summed E-state index contributed by atoms with van der Waals surface area (Å²) in [6, 6.07) is 7.56. The molecular formula is C20H27N3O4. The molecule has 0 bridgehead atoms. The molecule has 1 saturated carbocycles. The fraction of sp³-hybridized carbons (Fsp3) is 0.500. The molecule has 1 fully saturated rings. The van der Waals surface area contributed by atoms with E-state index in [2.05, 4.69) is 0 Å². The summed E-state index contributed by atoms with van der Waals surface area (Å²) in [5, 5.41) is 0. The fourth-order valence-corrected chi connectivity index (χ4v) is 3.10. The number of carbonyl (C=O) groups excluding carboxylic acids is 2. The highest BCUT2D eigenvalue weighted by molar-refractivity contribution is 5.94. The van der Waals surface area contributed by atoms with Gasteiger partial charge in [-0.25, -0.2) is 0 Å². The van der Waals surface area contributed by atoms with Crippen molar-refractivity contribution in [2.24, 2.45) is 7.05 Å². The highest BCUT2D eigenvalue weighted by Gasteiger charge is 2.34. The molecule has 0 unspecified atom stereocenters. The average Bonchev–Trinajstić information content (AvgIpc) is 3.18. The highest BCUT2D eigenvalue weighted by Crippen LogP contribution is 2.28. The molecule has 0 atom stereocenters. The molecule has 0 radical (unpaired) electrons. The quantitative estimate of drug-likeness (QED) is 0.599. The van der Waals surface area contributed by atoms with E-state index in [0.29, 0.717) is 26.1 Å². The standard InChI is InChI=1S/C20H27N3O4/c1-21-10-3-6-17(21)14-23(16-8-9-16)19(24)15-22(11-5-12-26-2)20(25)18-7-4-13-27-18/h3-4,6-7,10,13,16H,5,8-9,11-12,14-15H2,1-2H3. The third-order valence-corrected chi connectivity index (χ3v) is 4.81. The molecule has 2 heterocycles. The molecule has 0 aliphatic heterocycles. The largest absolute Gasteiger partial charge is 0.459 e. The van der Waals surface area contributed by atoms with Crippen molar-refractivity contribution in [1.29, 1.82) is 0 Å². The van der Waals surface area contributed by atoms with Gasteiger partial charge < -0.3 is 23.5 Å². The zero-order valence-electron chi connectivity index (χ0n) is 16.0. The zero-order valence-corrected chi connectivity index (χ0v) is 16.0. The number of aromatic nitrogens is 1. The Morgan fingerprint density at radius 1 is 1.30 bits per heavy atom. The summed E-state index contributed by atoms with van der Waals surface area (Å²) >= 11 is 0. The minimum Gasteiger partial charge on any atom is -0.459 e. The van der Waals surface area contributed by atoms with Crippen molar-refractivity contribution >= 4 is 11.8 Å². The van der Waals surface area contributed by atoms with Crippen molar-refractivity contribution < 1.29 is 18.7 Å². The number of carbonyl (C=O) groups is 2. The predicted octanol–water partition coefficient (Wildman–Crippen LogP) is 2.29. The Bertz CT molecular complexity index is 749. The number of furan rings is 1. The van der Waals surface area contributed by atoms with Crippen molar-refractivity contribution in [3.05, 3.63) is 48.2 Å². The zero-order chi connectivity index (χ0) is 19.2. The van der Waals surface area contributed by atoms with Crippen molar-refractivity contribution in [3.63, 3.8) is 0 Å². The second-order valence-corrected chi connectivity index (χ2v) is 6.91. The van der Waals surface area contributed by atoms with Crippen molar-refractivity contribution in [1.82, 2.24) is 14.4 Å². The van der Waals surface area contributed by atoms with Gasteiger partial charge in [0.25, 0.3) is 5.91 Å². The van der Waals surface area contributed by atoms with Crippen LogP contribution in [0.25, 0.3) is 0 Å². The summed E-state index contributed by atoms with van der Waals surface area (Å²) in [5.74, 6) is -0.0456. The first-order valence-corrected chi connectivity index (χ1v) is 9.31. The normalized spacial score (nSPS) is 13.6. The molecule has 7 nitrogen and oxygen atoms in total. The van der Waals surface area contributed by atoms with Crippen LogP contribution in [0, 0.1) is 0 Å². The molecule has 146 valence electrons. The van der Waals surface area contributed by atoms with Crippen molar-refractivity contribution in [2.75, 3.05) is 26.8 Å². The maximum absolute atomic E-state index is 13.0. The molecule has 1 aliphatic carbocycles. The minimum absolute atomic E-state index is 0.0315. The van der Waals surface area contributed by atoms with Gasteiger partial charge in [-0.1, -0.05) is 0 Å². The molecule has 7 heteroatoms. The summed E-state index contributed by atoms with van der Waals surface area (Å²) in [4.78, 5) is 29.2. The molecule has 0 saturated heterocycles. The monoisotopic (exact) mass is 373 g/mol. The molecule has 1 aliphatic rings. The van der Waals surface area contributed by atoms with Gasteiger partial charge in [0.2, 0.25) is 5.91 Å². The van der Waals surface area contributed by atoms with Crippen LogP contribution in [0.5, 0.6) is 0 Å². The first-order valence-electron chi connectivity index (χ1n) is 9.31. The smallest absolute Gasteiger partial charge is 0.290 e. The lowest BCUT2D eigenvalue weighted by atomic mass is 10.3. The molecule has 0 N–H and O–H groups in total. The van der Waals surface area contributed by atoms with Gasteiger partial charge in [-0.3, -0.25) is 9.59 Å². The van der Waals surface area contributed by atoms with Crippen LogP contribution in [0.3, 0.4) is 0 Å². The minimum atomic E-state index is -0.265. The van der Waals surface area contributed by atoms with Gasteiger partial charge in [-0.2, -0.15) is 0 Å². The van der Waals surface area contributed by atoms with E-state index in [1.807, 2.05) is 34.8 Å². The fourth-order valence-electron chi connectivity index (χ4n) is 3.10.